The Morgan fingerprint density at radius 3 is 2.00 bits per heavy atom. The summed E-state index contributed by atoms with van der Waals surface area (Å²) in [5.74, 6) is 1.35. The van der Waals surface area contributed by atoms with Crippen LogP contribution in [0.25, 0.3) is 0 Å². The van der Waals surface area contributed by atoms with Gasteiger partial charge in [0.2, 0.25) is 10.0 Å². The molecule has 6 nitrogen and oxygen atoms in total. The van der Waals surface area contributed by atoms with E-state index < -0.39 is 10.0 Å². The molecule has 0 saturated carbocycles. The van der Waals surface area contributed by atoms with Crippen LogP contribution in [0, 0.1) is 0 Å². The van der Waals surface area contributed by atoms with Crippen molar-refractivity contribution in [3.8, 4) is 11.5 Å². The lowest BCUT2D eigenvalue weighted by Crippen LogP contribution is -2.49. The van der Waals surface area contributed by atoms with Gasteiger partial charge >= 0.3 is 0 Å². The highest BCUT2D eigenvalue weighted by atomic mass is 32.2. The average Bonchev–Trinajstić information content (AvgIpc) is 2.80. The molecule has 2 fully saturated rings. The van der Waals surface area contributed by atoms with E-state index in [1.807, 2.05) is 30.3 Å². The molecule has 2 saturated heterocycles. The Labute approximate surface area is 179 Å². The van der Waals surface area contributed by atoms with E-state index in [4.69, 9.17) is 9.47 Å². The zero-order valence-electron chi connectivity index (χ0n) is 17.4. The molecular formula is C23H30N2O4S. The highest BCUT2D eigenvalue weighted by molar-refractivity contribution is 7.89. The van der Waals surface area contributed by atoms with Gasteiger partial charge in [-0.1, -0.05) is 18.2 Å². The van der Waals surface area contributed by atoms with Crippen molar-refractivity contribution < 1.29 is 17.9 Å². The quantitative estimate of drug-likeness (QED) is 0.699. The maximum Gasteiger partial charge on any atom is 0.243 e. The number of hydrogen-bond acceptors (Lipinski definition) is 5. The number of rotatable bonds is 6. The van der Waals surface area contributed by atoms with E-state index in [1.165, 1.54) is 0 Å². The summed E-state index contributed by atoms with van der Waals surface area (Å²) >= 11 is 0. The van der Waals surface area contributed by atoms with Crippen LogP contribution >= 0.6 is 0 Å². The fraction of sp³-hybridized carbons (Fsp3) is 0.478. The minimum Gasteiger partial charge on any atom is -0.457 e. The minimum atomic E-state index is -3.48. The van der Waals surface area contributed by atoms with Crippen molar-refractivity contribution in [2.24, 2.45) is 0 Å². The molecule has 2 heterocycles. The zero-order valence-corrected chi connectivity index (χ0v) is 18.3. The van der Waals surface area contributed by atoms with Crippen molar-refractivity contribution in [1.29, 1.82) is 0 Å². The number of para-hydroxylation sites is 1. The predicted molar refractivity (Wildman–Crippen MR) is 116 cm³/mol. The molecule has 0 atom stereocenters. The summed E-state index contributed by atoms with van der Waals surface area (Å²) in [5.41, 5.74) is 0. The molecule has 7 heteroatoms. The number of benzene rings is 2. The summed E-state index contributed by atoms with van der Waals surface area (Å²) in [7, 11) is -1.70. The third-order valence-electron chi connectivity index (χ3n) is 6.19. The van der Waals surface area contributed by atoms with E-state index in [9.17, 15) is 8.42 Å². The fourth-order valence-corrected chi connectivity index (χ4v) is 5.85. The van der Waals surface area contributed by atoms with Gasteiger partial charge in [-0.15, -0.1) is 0 Å². The Morgan fingerprint density at radius 1 is 0.800 bits per heavy atom. The Bertz CT molecular complexity index is 902. The van der Waals surface area contributed by atoms with Crippen LogP contribution in [0.3, 0.4) is 0 Å². The van der Waals surface area contributed by atoms with Crippen molar-refractivity contribution in [3.63, 3.8) is 0 Å². The first-order chi connectivity index (χ1) is 14.6. The number of likely N-dealkylation sites (tertiary alicyclic amines) is 1. The molecule has 0 radical (unpaired) electrons. The topological polar surface area (TPSA) is 59.1 Å². The van der Waals surface area contributed by atoms with Gasteiger partial charge < -0.3 is 14.4 Å². The Kier molecular flexibility index (Phi) is 6.73. The molecule has 0 spiro atoms. The molecule has 4 rings (SSSR count). The van der Waals surface area contributed by atoms with Gasteiger partial charge in [0.05, 0.1) is 11.0 Å². The van der Waals surface area contributed by atoms with Gasteiger partial charge in [0.15, 0.2) is 0 Å². The molecule has 2 aromatic rings. The number of piperidine rings is 2. The summed E-state index contributed by atoms with van der Waals surface area (Å²) in [6.07, 6.45) is 4.26. The number of ether oxygens (including phenoxy) is 2. The molecule has 162 valence electrons. The van der Waals surface area contributed by atoms with Gasteiger partial charge in [-0.25, -0.2) is 8.42 Å². The largest absolute Gasteiger partial charge is 0.457 e. The third kappa shape index (κ3) is 4.86. The van der Waals surface area contributed by atoms with Crippen molar-refractivity contribution in [2.75, 3.05) is 33.3 Å². The van der Waals surface area contributed by atoms with Crippen LogP contribution in [-0.4, -0.2) is 63.1 Å². The SMILES string of the molecule is COC1CCN(C2CCN(S(=O)(=O)c3ccc(Oc4ccccc4)cc3)CC2)CC1. The summed E-state index contributed by atoms with van der Waals surface area (Å²) in [6.45, 7) is 3.22. The second kappa shape index (κ2) is 9.47. The summed E-state index contributed by atoms with van der Waals surface area (Å²) < 4.78 is 39.0. The lowest BCUT2D eigenvalue weighted by Gasteiger charge is -2.41. The smallest absolute Gasteiger partial charge is 0.243 e. The number of hydrogen-bond donors (Lipinski definition) is 0. The second-order valence-corrected chi connectivity index (χ2v) is 9.93. The van der Waals surface area contributed by atoms with Crippen molar-refractivity contribution in [1.82, 2.24) is 9.21 Å². The zero-order chi connectivity index (χ0) is 21.0. The second-order valence-electron chi connectivity index (χ2n) is 7.99. The van der Waals surface area contributed by atoms with E-state index in [2.05, 4.69) is 4.90 Å². The van der Waals surface area contributed by atoms with Crippen molar-refractivity contribution >= 4 is 10.0 Å². The monoisotopic (exact) mass is 430 g/mol. The lowest BCUT2D eigenvalue weighted by atomic mass is 10.00. The highest BCUT2D eigenvalue weighted by Gasteiger charge is 2.33. The van der Waals surface area contributed by atoms with Crippen LogP contribution in [0.1, 0.15) is 25.7 Å². The van der Waals surface area contributed by atoms with E-state index in [-0.39, 0.29) is 0 Å². The lowest BCUT2D eigenvalue weighted by molar-refractivity contribution is 0.0190. The minimum absolute atomic E-state index is 0.322. The summed E-state index contributed by atoms with van der Waals surface area (Å²) in [5, 5.41) is 0. The Morgan fingerprint density at radius 2 is 1.40 bits per heavy atom. The summed E-state index contributed by atoms with van der Waals surface area (Å²) in [6, 6.07) is 16.6. The van der Waals surface area contributed by atoms with Crippen LogP contribution in [0.2, 0.25) is 0 Å². The van der Waals surface area contributed by atoms with E-state index >= 15 is 0 Å². The molecule has 30 heavy (non-hydrogen) atoms. The average molecular weight is 431 g/mol. The van der Waals surface area contributed by atoms with Gasteiger partial charge in [-0.05, 0) is 62.1 Å². The van der Waals surface area contributed by atoms with Gasteiger partial charge in [0, 0.05) is 39.3 Å². The van der Waals surface area contributed by atoms with Gasteiger partial charge in [-0.2, -0.15) is 4.31 Å². The maximum atomic E-state index is 13.1. The molecule has 0 aliphatic carbocycles. The number of nitrogens with zero attached hydrogens (tertiary/aromatic N) is 2. The normalized spacial score (nSPS) is 20.3. The predicted octanol–water partition coefficient (Wildman–Crippen LogP) is 3.74. The fourth-order valence-electron chi connectivity index (χ4n) is 4.38. The first-order valence-corrected chi connectivity index (χ1v) is 12.1. The number of methoxy groups -OCH3 is 1. The van der Waals surface area contributed by atoms with Crippen LogP contribution in [0.15, 0.2) is 59.5 Å². The molecule has 2 aliphatic rings. The Hall–Kier alpha value is -1.93. The standard InChI is InChI=1S/C23H30N2O4S/c1-28-20-13-15-24(16-14-20)19-11-17-25(18-12-19)30(26,27)23-9-7-22(8-10-23)29-21-5-3-2-4-6-21/h2-10,19-20H,11-18H2,1H3. The molecule has 2 aliphatic heterocycles. The van der Waals surface area contributed by atoms with Gasteiger partial charge in [0.1, 0.15) is 11.5 Å². The van der Waals surface area contributed by atoms with Gasteiger partial charge in [-0.3, -0.25) is 0 Å². The third-order valence-corrected chi connectivity index (χ3v) is 8.10. The molecule has 2 aromatic carbocycles. The summed E-state index contributed by atoms with van der Waals surface area (Å²) in [4.78, 5) is 2.83. The van der Waals surface area contributed by atoms with E-state index in [0.717, 1.165) is 44.5 Å². The van der Waals surface area contributed by atoms with Crippen molar-refractivity contribution in [2.45, 2.75) is 42.7 Å². The molecule has 0 amide bonds. The van der Waals surface area contributed by atoms with Crippen LogP contribution in [0.4, 0.5) is 0 Å². The van der Waals surface area contributed by atoms with Crippen LogP contribution in [0.5, 0.6) is 11.5 Å². The van der Waals surface area contributed by atoms with E-state index in [1.54, 1.807) is 35.7 Å². The Balaban J connectivity index is 1.34. The van der Waals surface area contributed by atoms with Crippen LogP contribution in [-0.2, 0) is 14.8 Å². The maximum absolute atomic E-state index is 13.1. The molecule has 0 unspecified atom stereocenters. The van der Waals surface area contributed by atoms with Crippen LogP contribution < -0.4 is 4.74 Å². The molecular weight excluding hydrogens is 400 g/mol. The highest BCUT2D eigenvalue weighted by Crippen LogP contribution is 2.27. The van der Waals surface area contributed by atoms with Gasteiger partial charge in [0.25, 0.3) is 0 Å². The number of sulfonamides is 1. The van der Waals surface area contributed by atoms with Crippen molar-refractivity contribution in [3.05, 3.63) is 54.6 Å². The first-order valence-electron chi connectivity index (χ1n) is 10.7. The molecule has 0 bridgehead atoms. The molecule has 0 N–H and O–H groups in total. The first kappa shape index (κ1) is 21.3. The molecule has 0 aromatic heterocycles. The van der Waals surface area contributed by atoms with E-state index in [0.29, 0.717) is 35.9 Å².